The molecule has 0 radical (unpaired) electrons. The van der Waals surface area contributed by atoms with Gasteiger partial charge in [0.2, 0.25) is 5.91 Å². The second-order valence-electron chi connectivity index (χ2n) is 4.15. The van der Waals surface area contributed by atoms with E-state index in [0.717, 1.165) is 31.5 Å². The SMILES string of the molecule is CC(C)=CC(=O)N(C)C1CCNCC1. The molecule has 80 valence electrons. The number of hydrogen-bond acceptors (Lipinski definition) is 2. The summed E-state index contributed by atoms with van der Waals surface area (Å²) in [5.41, 5.74) is 1.07. The van der Waals surface area contributed by atoms with E-state index >= 15 is 0 Å². The molecule has 14 heavy (non-hydrogen) atoms. The van der Waals surface area contributed by atoms with Gasteiger partial charge in [-0.15, -0.1) is 0 Å². The summed E-state index contributed by atoms with van der Waals surface area (Å²) >= 11 is 0. The molecule has 0 aromatic rings. The first-order chi connectivity index (χ1) is 6.61. The van der Waals surface area contributed by atoms with Crippen LogP contribution in [0.25, 0.3) is 0 Å². The van der Waals surface area contributed by atoms with Crippen LogP contribution in [0.2, 0.25) is 0 Å². The molecule has 1 rings (SSSR count). The molecule has 3 heteroatoms. The minimum absolute atomic E-state index is 0.136. The highest BCUT2D eigenvalue weighted by atomic mass is 16.2. The third kappa shape index (κ3) is 3.14. The van der Waals surface area contributed by atoms with Crippen molar-refractivity contribution in [1.82, 2.24) is 10.2 Å². The molecule has 1 aliphatic heterocycles. The van der Waals surface area contributed by atoms with Crippen molar-refractivity contribution in [3.8, 4) is 0 Å². The van der Waals surface area contributed by atoms with Crippen molar-refractivity contribution in [3.63, 3.8) is 0 Å². The van der Waals surface area contributed by atoms with Gasteiger partial charge < -0.3 is 10.2 Å². The number of allylic oxidation sites excluding steroid dienone is 1. The Labute approximate surface area is 86.2 Å². The van der Waals surface area contributed by atoms with Crippen molar-refractivity contribution in [2.75, 3.05) is 20.1 Å². The highest BCUT2D eigenvalue weighted by molar-refractivity contribution is 5.88. The van der Waals surface area contributed by atoms with Gasteiger partial charge in [0.15, 0.2) is 0 Å². The minimum atomic E-state index is 0.136. The molecule has 0 atom stereocenters. The summed E-state index contributed by atoms with van der Waals surface area (Å²) in [6, 6.07) is 0.416. The Morgan fingerprint density at radius 2 is 1.93 bits per heavy atom. The van der Waals surface area contributed by atoms with Crippen molar-refractivity contribution in [2.45, 2.75) is 32.7 Å². The van der Waals surface area contributed by atoms with E-state index in [4.69, 9.17) is 0 Å². The zero-order chi connectivity index (χ0) is 10.6. The van der Waals surface area contributed by atoms with E-state index in [-0.39, 0.29) is 5.91 Å². The molecule has 3 nitrogen and oxygen atoms in total. The van der Waals surface area contributed by atoms with Gasteiger partial charge in [0, 0.05) is 19.2 Å². The van der Waals surface area contributed by atoms with Crippen LogP contribution in [0.1, 0.15) is 26.7 Å². The van der Waals surface area contributed by atoms with E-state index in [2.05, 4.69) is 5.32 Å². The molecule has 0 unspecified atom stereocenters. The second-order valence-corrected chi connectivity index (χ2v) is 4.15. The second kappa shape index (κ2) is 5.15. The number of rotatable bonds is 2. The van der Waals surface area contributed by atoms with E-state index in [1.807, 2.05) is 25.8 Å². The monoisotopic (exact) mass is 196 g/mol. The molecule has 1 amide bonds. The molecule has 0 spiro atoms. The van der Waals surface area contributed by atoms with Gasteiger partial charge in [-0.05, 0) is 39.8 Å². The predicted octanol–water partition coefficient (Wildman–Crippen LogP) is 1.16. The van der Waals surface area contributed by atoms with Gasteiger partial charge in [-0.2, -0.15) is 0 Å². The summed E-state index contributed by atoms with van der Waals surface area (Å²) in [7, 11) is 1.90. The van der Waals surface area contributed by atoms with Crippen LogP contribution in [-0.4, -0.2) is 37.0 Å². The number of piperidine rings is 1. The fourth-order valence-corrected chi connectivity index (χ4v) is 1.72. The Bertz CT molecular complexity index is 225. The van der Waals surface area contributed by atoms with E-state index in [1.54, 1.807) is 6.08 Å². The van der Waals surface area contributed by atoms with Crippen molar-refractivity contribution in [2.24, 2.45) is 0 Å². The van der Waals surface area contributed by atoms with Crippen LogP contribution in [0.3, 0.4) is 0 Å². The standard InChI is InChI=1S/C11H20N2O/c1-9(2)8-11(14)13(3)10-4-6-12-7-5-10/h8,10,12H,4-7H2,1-3H3. The molecule has 0 bridgehead atoms. The van der Waals surface area contributed by atoms with Crippen LogP contribution in [-0.2, 0) is 4.79 Å². The van der Waals surface area contributed by atoms with Gasteiger partial charge in [0.1, 0.15) is 0 Å². The molecule has 1 fully saturated rings. The van der Waals surface area contributed by atoms with E-state index in [9.17, 15) is 4.79 Å². The van der Waals surface area contributed by atoms with E-state index in [0.29, 0.717) is 6.04 Å². The molecule has 1 N–H and O–H groups in total. The molecule has 0 aromatic heterocycles. The van der Waals surface area contributed by atoms with Gasteiger partial charge in [0.05, 0.1) is 0 Å². The zero-order valence-corrected chi connectivity index (χ0v) is 9.34. The van der Waals surface area contributed by atoms with Crippen LogP contribution in [0, 0.1) is 0 Å². The van der Waals surface area contributed by atoms with Crippen LogP contribution in [0.4, 0.5) is 0 Å². The number of amides is 1. The topological polar surface area (TPSA) is 32.3 Å². The normalized spacial score (nSPS) is 17.6. The predicted molar refractivity (Wildman–Crippen MR) is 58.1 cm³/mol. The fourth-order valence-electron chi connectivity index (χ4n) is 1.72. The van der Waals surface area contributed by atoms with Crippen molar-refractivity contribution in [3.05, 3.63) is 11.6 Å². The quantitative estimate of drug-likeness (QED) is 0.672. The van der Waals surface area contributed by atoms with Crippen LogP contribution < -0.4 is 5.32 Å². The number of carbonyl (C=O) groups is 1. The lowest BCUT2D eigenvalue weighted by atomic mass is 10.1. The average Bonchev–Trinajstić information content (AvgIpc) is 2.17. The molecule has 0 aromatic carbocycles. The van der Waals surface area contributed by atoms with Crippen LogP contribution in [0.15, 0.2) is 11.6 Å². The lowest BCUT2D eigenvalue weighted by Crippen LogP contribution is -2.43. The third-order valence-electron chi connectivity index (χ3n) is 2.62. The van der Waals surface area contributed by atoms with Crippen molar-refractivity contribution in [1.29, 1.82) is 0 Å². The summed E-state index contributed by atoms with van der Waals surface area (Å²) in [5, 5.41) is 3.30. The highest BCUT2D eigenvalue weighted by Gasteiger charge is 2.20. The number of likely N-dealkylation sites (N-methyl/N-ethyl adjacent to an activating group) is 1. The van der Waals surface area contributed by atoms with Gasteiger partial charge in [-0.25, -0.2) is 0 Å². The van der Waals surface area contributed by atoms with Gasteiger partial charge in [0.25, 0.3) is 0 Å². The Morgan fingerprint density at radius 1 is 1.36 bits per heavy atom. The first kappa shape index (κ1) is 11.2. The summed E-state index contributed by atoms with van der Waals surface area (Å²) in [5.74, 6) is 0.136. The van der Waals surface area contributed by atoms with E-state index in [1.165, 1.54) is 0 Å². The fraction of sp³-hybridized carbons (Fsp3) is 0.727. The minimum Gasteiger partial charge on any atom is -0.339 e. The largest absolute Gasteiger partial charge is 0.339 e. The first-order valence-electron chi connectivity index (χ1n) is 5.23. The average molecular weight is 196 g/mol. The highest BCUT2D eigenvalue weighted by Crippen LogP contribution is 2.10. The number of hydrogen-bond donors (Lipinski definition) is 1. The molecule has 1 aliphatic rings. The van der Waals surface area contributed by atoms with Gasteiger partial charge >= 0.3 is 0 Å². The maximum atomic E-state index is 11.7. The van der Waals surface area contributed by atoms with Crippen molar-refractivity contribution < 1.29 is 4.79 Å². The van der Waals surface area contributed by atoms with Crippen molar-refractivity contribution >= 4 is 5.91 Å². The lowest BCUT2D eigenvalue weighted by Gasteiger charge is -2.31. The lowest BCUT2D eigenvalue weighted by molar-refractivity contribution is -0.127. The smallest absolute Gasteiger partial charge is 0.246 e. The third-order valence-corrected chi connectivity index (χ3v) is 2.62. The molecule has 0 aliphatic carbocycles. The van der Waals surface area contributed by atoms with Gasteiger partial charge in [-0.3, -0.25) is 4.79 Å². The van der Waals surface area contributed by atoms with Gasteiger partial charge in [-0.1, -0.05) is 5.57 Å². The van der Waals surface area contributed by atoms with Crippen LogP contribution in [0.5, 0.6) is 0 Å². The molecular weight excluding hydrogens is 176 g/mol. The maximum absolute atomic E-state index is 11.7. The summed E-state index contributed by atoms with van der Waals surface area (Å²) < 4.78 is 0. The Balaban J connectivity index is 2.50. The summed E-state index contributed by atoms with van der Waals surface area (Å²) in [6.45, 7) is 5.95. The van der Waals surface area contributed by atoms with Crippen LogP contribution >= 0.6 is 0 Å². The molecule has 1 heterocycles. The zero-order valence-electron chi connectivity index (χ0n) is 9.34. The number of nitrogens with zero attached hydrogens (tertiary/aromatic N) is 1. The summed E-state index contributed by atoms with van der Waals surface area (Å²) in [6.07, 6.45) is 3.85. The molecular formula is C11H20N2O. The first-order valence-corrected chi connectivity index (χ1v) is 5.23. The maximum Gasteiger partial charge on any atom is 0.246 e. The molecule has 1 saturated heterocycles. The Hall–Kier alpha value is -0.830. The number of carbonyl (C=O) groups excluding carboxylic acids is 1. The van der Waals surface area contributed by atoms with E-state index < -0.39 is 0 Å². The number of nitrogens with one attached hydrogen (secondary N) is 1. The molecule has 0 saturated carbocycles. The summed E-state index contributed by atoms with van der Waals surface area (Å²) in [4.78, 5) is 13.6. The Morgan fingerprint density at radius 3 is 2.43 bits per heavy atom. The Kier molecular flexibility index (Phi) is 4.14.